The molecule has 1 aromatic heterocycles. The Morgan fingerprint density at radius 1 is 1.04 bits per heavy atom. The van der Waals surface area contributed by atoms with Crippen LogP contribution < -0.4 is 10.3 Å². The van der Waals surface area contributed by atoms with Crippen molar-refractivity contribution in [3.05, 3.63) is 76.2 Å². The molecule has 9 heteroatoms. The lowest BCUT2D eigenvalue weighted by Crippen LogP contribution is -2.23. The van der Waals surface area contributed by atoms with E-state index in [9.17, 15) is 22.0 Å². The summed E-state index contributed by atoms with van der Waals surface area (Å²) < 4.78 is 57.9. The van der Waals surface area contributed by atoms with Crippen LogP contribution in [0.2, 0.25) is 0 Å². The smallest absolute Gasteiger partial charge is 0.283 e. The van der Waals surface area contributed by atoms with Crippen LogP contribution in [0.3, 0.4) is 0 Å². The number of nitrogens with one attached hydrogen (secondary N) is 1. The molecule has 1 heterocycles. The van der Waals surface area contributed by atoms with Gasteiger partial charge in [0, 0.05) is 7.05 Å². The van der Waals surface area contributed by atoms with Gasteiger partial charge in [0.1, 0.15) is 22.2 Å². The van der Waals surface area contributed by atoms with Gasteiger partial charge < -0.3 is 0 Å². The largest absolute Gasteiger partial charge is 0.296 e. The topological polar surface area (TPSA) is 73.1 Å². The van der Waals surface area contributed by atoms with Crippen molar-refractivity contribution in [2.24, 2.45) is 7.05 Å². The van der Waals surface area contributed by atoms with Gasteiger partial charge in [-0.2, -0.15) is 0 Å². The molecule has 0 aliphatic carbocycles. The fourth-order valence-electron chi connectivity index (χ4n) is 3.11. The average Bonchev–Trinajstić information content (AvgIpc) is 2.87. The predicted molar refractivity (Wildman–Crippen MR) is 102 cm³/mol. The van der Waals surface area contributed by atoms with Crippen LogP contribution in [0.1, 0.15) is 25.5 Å². The van der Waals surface area contributed by atoms with Crippen LogP contribution in [0, 0.1) is 11.6 Å². The van der Waals surface area contributed by atoms with E-state index in [1.54, 1.807) is 55.9 Å². The molecule has 0 bridgehead atoms. The van der Waals surface area contributed by atoms with E-state index in [0.29, 0.717) is 17.4 Å². The van der Waals surface area contributed by atoms with Crippen molar-refractivity contribution in [3.8, 4) is 5.69 Å². The molecular formula is C19H19F2N3O3S. The molecular weight excluding hydrogens is 388 g/mol. The van der Waals surface area contributed by atoms with Crippen molar-refractivity contribution >= 4 is 15.7 Å². The predicted octanol–water partition coefficient (Wildman–Crippen LogP) is 3.38. The number of benzene rings is 2. The SMILES string of the molecule is CC(C)c1c(NS(=O)(=O)c2cc(F)ccc2F)c(=O)n(-c2ccccc2)n1C. The van der Waals surface area contributed by atoms with Gasteiger partial charge >= 0.3 is 0 Å². The second-order valence-corrected chi connectivity index (χ2v) is 8.22. The number of rotatable bonds is 5. The maximum absolute atomic E-state index is 14.0. The van der Waals surface area contributed by atoms with Gasteiger partial charge in [0.15, 0.2) is 0 Å². The minimum Gasteiger partial charge on any atom is -0.283 e. The molecule has 0 atom stereocenters. The van der Waals surface area contributed by atoms with Crippen molar-refractivity contribution in [2.45, 2.75) is 24.7 Å². The zero-order valence-electron chi connectivity index (χ0n) is 15.5. The molecule has 2 aromatic carbocycles. The highest BCUT2D eigenvalue weighted by molar-refractivity contribution is 7.92. The number of anilines is 1. The lowest BCUT2D eigenvalue weighted by Gasteiger charge is -2.13. The third-order valence-corrected chi connectivity index (χ3v) is 5.64. The van der Waals surface area contributed by atoms with Gasteiger partial charge in [-0.15, -0.1) is 0 Å². The number of nitrogens with zero attached hydrogens (tertiary/aromatic N) is 2. The summed E-state index contributed by atoms with van der Waals surface area (Å²) in [5, 5.41) is 0. The van der Waals surface area contributed by atoms with Crippen LogP contribution in [-0.4, -0.2) is 17.8 Å². The van der Waals surface area contributed by atoms with Crippen LogP contribution in [-0.2, 0) is 17.1 Å². The molecule has 0 radical (unpaired) electrons. The number of para-hydroxylation sites is 1. The number of aromatic nitrogens is 2. The lowest BCUT2D eigenvalue weighted by atomic mass is 10.1. The zero-order chi connectivity index (χ0) is 20.6. The lowest BCUT2D eigenvalue weighted by molar-refractivity contribution is 0.555. The monoisotopic (exact) mass is 407 g/mol. The normalized spacial score (nSPS) is 11.8. The van der Waals surface area contributed by atoms with Crippen LogP contribution in [0.5, 0.6) is 0 Å². The molecule has 3 aromatic rings. The fraction of sp³-hybridized carbons (Fsp3) is 0.211. The van der Waals surface area contributed by atoms with E-state index < -0.39 is 32.1 Å². The van der Waals surface area contributed by atoms with Gasteiger partial charge in [-0.1, -0.05) is 32.0 Å². The first-order valence-corrected chi connectivity index (χ1v) is 9.97. The highest BCUT2D eigenvalue weighted by Gasteiger charge is 2.27. The first kappa shape index (κ1) is 19.8. The maximum atomic E-state index is 14.0. The van der Waals surface area contributed by atoms with Crippen LogP contribution >= 0.6 is 0 Å². The molecule has 0 amide bonds. The molecule has 28 heavy (non-hydrogen) atoms. The van der Waals surface area contributed by atoms with E-state index in [0.717, 1.165) is 12.1 Å². The van der Waals surface area contributed by atoms with Gasteiger partial charge in [-0.05, 0) is 36.2 Å². The van der Waals surface area contributed by atoms with E-state index in [2.05, 4.69) is 4.72 Å². The minimum atomic E-state index is -4.52. The Morgan fingerprint density at radius 3 is 2.29 bits per heavy atom. The number of sulfonamides is 1. The Hall–Kier alpha value is -2.94. The Bertz CT molecular complexity index is 1180. The summed E-state index contributed by atoms with van der Waals surface area (Å²) in [5.74, 6) is -2.24. The molecule has 0 unspecified atom stereocenters. The summed E-state index contributed by atoms with van der Waals surface area (Å²) in [6, 6.07) is 10.8. The first-order chi connectivity index (χ1) is 13.1. The van der Waals surface area contributed by atoms with Crippen molar-refractivity contribution in [1.82, 2.24) is 9.36 Å². The molecule has 0 fully saturated rings. The summed E-state index contributed by atoms with van der Waals surface area (Å²) in [6.07, 6.45) is 0. The van der Waals surface area contributed by atoms with E-state index in [1.165, 1.54) is 4.68 Å². The van der Waals surface area contributed by atoms with E-state index >= 15 is 0 Å². The first-order valence-electron chi connectivity index (χ1n) is 8.48. The quantitative estimate of drug-likeness (QED) is 0.705. The number of hydrogen-bond donors (Lipinski definition) is 1. The van der Waals surface area contributed by atoms with Crippen LogP contribution in [0.15, 0.2) is 58.2 Å². The average molecular weight is 407 g/mol. The summed E-state index contributed by atoms with van der Waals surface area (Å²) in [5.41, 5.74) is 0.135. The third-order valence-electron chi connectivity index (χ3n) is 4.28. The molecule has 0 aliphatic rings. The molecule has 3 rings (SSSR count). The standard InChI is InChI=1S/C19H19F2N3O3S/c1-12(2)18-17(19(25)24(23(18)3)14-7-5-4-6-8-14)22-28(26,27)16-11-13(20)9-10-15(16)21/h4-12,22H,1-3H3. The zero-order valence-corrected chi connectivity index (χ0v) is 16.3. The Morgan fingerprint density at radius 2 is 1.68 bits per heavy atom. The van der Waals surface area contributed by atoms with Crippen LogP contribution in [0.4, 0.5) is 14.5 Å². The molecule has 0 spiro atoms. The summed E-state index contributed by atoms with van der Waals surface area (Å²) in [4.78, 5) is 12.2. The second kappa shape index (κ2) is 7.23. The van der Waals surface area contributed by atoms with Crippen molar-refractivity contribution in [1.29, 1.82) is 0 Å². The van der Waals surface area contributed by atoms with Crippen molar-refractivity contribution < 1.29 is 17.2 Å². The highest BCUT2D eigenvalue weighted by atomic mass is 32.2. The molecule has 1 N–H and O–H groups in total. The summed E-state index contributed by atoms with van der Waals surface area (Å²) >= 11 is 0. The van der Waals surface area contributed by atoms with Crippen molar-refractivity contribution in [3.63, 3.8) is 0 Å². The van der Waals surface area contributed by atoms with Gasteiger partial charge in [-0.3, -0.25) is 14.2 Å². The number of halogens is 2. The molecule has 0 saturated heterocycles. The van der Waals surface area contributed by atoms with E-state index in [-0.39, 0.29) is 11.6 Å². The minimum absolute atomic E-state index is 0.204. The Balaban J connectivity index is 2.20. The maximum Gasteiger partial charge on any atom is 0.296 e. The van der Waals surface area contributed by atoms with Gasteiger partial charge in [0.25, 0.3) is 15.6 Å². The van der Waals surface area contributed by atoms with E-state index in [1.807, 2.05) is 0 Å². The highest BCUT2D eigenvalue weighted by Crippen LogP contribution is 2.26. The molecule has 0 aliphatic heterocycles. The van der Waals surface area contributed by atoms with E-state index in [4.69, 9.17) is 0 Å². The molecule has 6 nitrogen and oxygen atoms in total. The summed E-state index contributed by atoms with van der Waals surface area (Å²) in [6.45, 7) is 3.59. The van der Waals surface area contributed by atoms with Crippen LogP contribution in [0.25, 0.3) is 5.69 Å². The Labute approximate surface area is 161 Å². The van der Waals surface area contributed by atoms with Gasteiger partial charge in [-0.25, -0.2) is 21.9 Å². The molecule has 148 valence electrons. The Kier molecular flexibility index (Phi) is 5.12. The van der Waals surface area contributed by atoms with Gasteiger partial charge in [0.05, 0.1) is 11.4 Å². The molecule has 0 saturated carbocycles. The number of hydrogen-bond acceptors (Lipinski definition) is 3. The third kappa shape index (κ3) is 3.45. The van der Waals surface area contributed by atoms with Gasteiger partial charge in [0.2, 0.25) is 0 Å². The summed E-state index contributed by atoms with van der Waals surface area (Å²) in [7, 11) is -2.89. The second-order valence-electron chi connectivity index (χ2n) is 6.57. The fourth-order valence-corrected chi connectivity index (χ4v) is 4.27. The van der Waals surface area contributed by atoms with Crippen molar-refractivity contribution in [2.75, 3.05) is 4.72 Å².